The van der Waals surface area contributed by atoms with Gasteiger partial charge in [0.1, 0.15) is 0 Å². The molecule has 0 aliphatic rings. The Morgan fingerprint density at radius 2 is 1.63 bits per heavy atom. The first-order valence-electron chi connectivity index (χ1n) is 7.09. The first-order chi connectivity index (χ1) is 8.63. The molecule has 2 unspecified atom stereocenters. The van der Waals surface area contributed by atoms with Gasteiger partial charge in [-0.1, -0.05) is 47.5 Å². The molecule has 0 fully saturated rings. The van der Waals surface area contributed by atoms with Crippen molar-refractivity contribution in [3.8, 4) is 0 Å². The highest BCUT2D eigenvalue weighted by molar-refractivity contribution is 5.80. The number of aliphatic carboxylic acids is 2. The number of rotatable bonds is 9. The lowest BCUT2D eigenvalue weighted by Crippen LogP contribution is -2.41. The zero-order chi connectivity index (χ0) is 15.2. The number of carbonyl (C=O) groups is 2. The lowest BCUT2D eigenvalue weighted by molar-refractivity contribution is -0.160. The van der Waals surface area contributed by atoms with Gasteiger partial charge in [0.15, 0.2) is 0 Å². The number of unbranched alkanes of at least 4 members (excludes halogenated alkanes) is 1. The summed E-state index contributed by atoms with van der Waals surface area (Å²) in [5.41, 5.74) is -0.517. The van der Waals surface area contributed by atoms with Crippen LogP contribution in [0.5, 0.6) is 0 Å². The van der Waals surface area contributed by atoms with Crippen LogP contribution < -0.4 is 0 Å². The molecule has 0 spiro atoms. The summed E-state index contributed by atoms with van der Waals surface area (Å²) in [5, 5.41) is 18.8. The van der Waals surface area contributed by atoms with Crippen molar-refractivity contribution in [2.75, 3.05) is 0 Å². The van der Waals surface area contributed by atoms with E-state index in [4.69, 9.17) is 0 Å². The Kier molecular flexibility index (Phi) is 7.09. The first kappa shape index (κ1) is 17.9. The van der Waals surface area contributed by atoms with E-state index in [0.29, 0.717) is 18.8 Å². The molecule has 0 saturated heterocycles. The summed E-state index contributed by atoms with van der Waals surface area (Å²) in [6.45, 7) is 9.78. The molecule has 0 aliphatic carbocycles. The summed E-state index contributed by atoms with van der Waals surface area (Å²) in [7, 11) is 0. The average Bonchev–Trinajstić information content (AvgIpc) is 2.20. The van der Waals surface area contributed by atoms with Crippen molar-refractivity contribution < 1.29 is 19.8 Å². The monoisotopic (exact) mass is 272 g/mol. The highest BCUT2D eigenvalue weighted by Gasteiger charge is 2.44. The lowest BCUT2D eigenvalue weighted by Gasteiger charge is -2.36. The maximum absolute atomic E-state index is 11.6. The van der Waals surface area contributed by atoms with E-state index >= 15 is 0 Å². The molecule has 0 saturated carbocycles. The maximum Gasteiger partial charge on any atom is 0.307 e. The Balaban J connectivity index is 5.24. The molecular formula is C15H28O4. The van der Waals surface area contributed by atoms with Crippen LogP contribution in [0.1, 0.15) is 60.3 Å². The van der Waals surface area contributed by atoms with E-state index in [1.165, 1.54) is 0 Å². The van der Waals surface area contributed by atoms with Crippen LogP contribution in [0.2, 0.25) is 0 Å². The van der Waals surface area contributed by atoms with Gasteiger partial charge in [-0.3, -0.25) is 9.59 Å². The molecule has 0 radical (unpaired) electrons. The summed E-state index contributed by atoms with van der Waals surface area (Å²) in [4.78, 5) is 23.0. The molecule has 0 bridgehead atoms. The number of hydrogen-bond acceptors (Lipinski definition) is 2. The van der Waals surface area contributed by atoms with Crippen LogP contribution in [0, 0.1) is 23.2 Å². The van der Waals surface area contributed by atoms with Crippen LogP contribution in [-0.4, -0.2) is 22.2 Å². The van der Waals surface area contributed by atoms with Gasteiger partial charge in [0.25, 0.3) is 0 Å². The van der Waals surface area contributed by atoms with E-state index in [0.717, 1.165) is 12.8 Å². The van der Waals surface area contributed by atoms with Crippen molar-refractivity contribution in [3.63, 3.8) is 0 Å². The predicted molar refractivity (Wildman–Crippen MR) is 75.0 cm³/mol. The smallest absolute Gasteiger partial charge is 0.307 e. The molecule has 0 heterocycles. The topological polar surface area (TPSA) is 74.6 Å². The lowest BCUT2D eigenvalue weighted by atomic mass is 9.67. The summed E-state index contributed by atoms with van der Waals surface area (Å²) >= 11 is 0. The standard InChI is InChI=1S/C15H28O4/c1-6-7-8-11(13(16)17)12(14(18)19)15(4,5)9-10(2)3/h10-12H,6-9H2,1-5H3,(H,16,17)(H,18,19). The van der Waals surface area contributed by atoms with Gasteiger partial charge in [-0.05, 0) is 24.2 Å². The van der Waals surface area contributed by atoms with Gasteiger partial charge in [0.2, 0.25) is 0 Å². The molecular weight excluding hydrogens is 244 g/mol. The molecule has 4 heteroatoms. The first-order valence-corrected chi connectivity index (χ1v) is 7.09. The van der Waals surface area contributed by atoms with Crippen LogP contribution >= 0.6 is 0 Å². The molecule has 0 aromatic rings. The van der Waals surface area contributed by atoms with Gasteiger partial charge in [0.05, 0.1) is 11.8 Å². The van der Waals surface area contributed by atoms with Crippen LogP contribution in [0.4, 0.5) is 0 Å². The SMILES string of the molecule is CCCCC(C(=O)O)C(C(=O)O)C(C)(C)CC(C)C. The molecule has 0 rings (SSSR count). The minimum absolute atomic E-state index is 0.345. The fraction of sp³-hybridized carbons (Fsp3) is 0.867. The van der Waals surface area contributed by atoms with E-state index in [2.05, 4.69) is 0 Å². The normalized spacial score (nSPS) is 15.3. The molecule has 0 amide bonds. The van der Waals surface area contributed by atoms with E-state index in [1.807, 2.05) is 34.6 Å². The second kappa shape index (κ2) is 7.51. The third-order valence-corrected chi connectivity index (χ3v) is 3.63. The van der Waals surface area contributed by atoms with Gasteiger partial charge >= 0.3 is 11.9 Å². The summed E-state index contributed by atoms with van der Waals surface area (Å²) in [6.07, 6.45) is 2.77. The minimum Gasteiger partial charge on any atom is -0.481 e. The molecule has 0 aromatic carbocycles. The van der Waals surface area contributed by atoms with Crippen LogP contribution in [0.15, 0.2) is 0 Å². The van der Waals surface area contributed by atoms with Crippen LogP contribution in [-0.2, 0) is 9.59 Å². The maximum atomic E-state index is 11.6. The Hall–Kier alpha value is -1.06. The Bertz CT molecular complexity index is 307. The summed E-state index contributed by atoms with van der Waals surface area (Å²) in [6, 6.07) is 0. The highest BCUT2D eigenvalue weighted by atomic mass is 16.4. The van der Waals surface area contributed by atoms with Crippen LogP contribution in [0.25, 0.3) is 0 Å². The average molecular weight is 272 g/mol. The fourth-order valence-electron chi connectivity index (χ4n) is 3.09. The van der Waals surface area contributed by atoms with Gasteiger partial charge in [-0.2, -0.15) is 0 Å². The Morgan fingerprint density at radius 1 is 1.11 bits per heavy atom. The molecule has 2 atom stereocenters. The molecule has 0 aliphatic heterocycles. The number of hydrogen-bond donors (Lipinski definition) is 2. The second-order valence-electron chi connectivity index (χ2n) is 6.49. The molecule has 19 heavy (non-hydrogen) atoms. The van der Waals surface area contributed by atoms with Gasteiger partial charge < -0.3 is 10.2 Å². The van der Waals surface area contributed by atoms with Gasteiger partial charge in [-0.25, -0.2) is 0 Å². The van der Waals surface area contributed by atoms with Crippen molar-refractivity contribution in [2.45, 2.75) is 60.3 Å². The third-order valence-electron chi connectivity index (χ3n) is 3.63. The van der Waals surface area contributed by atoms with Gasteiger partial charge in [-0.15, -0.1) is 0 Å². The van der Waals surface area contributed by atoms with Crippen molar-refractivity contribution >= 4 is 11.9 Å². The van der Waals surface area contributed by atoms with Crippen molar-refractivity contribution in [1.82, 2.24) is 0 Å². The Morgan fingerprint density at radius 3 is 1.95 bits per heavy atom. The van der Waals surface area contributed by atoms with Crippen LogP contribution in [0.3, 0.4) is 0 Å². The summed E-state index contributed by atoms with van der Waals surface area (Å²) in [5.74, 6) is -3.27. The van der Waals surface area contributed by atoms with E-state index in [1.54, 1.807) is 0 Å². The summed E-state index contributed by atoms with van der Waals surface area (Å²) < 4.78 is 0. The predicted octanol–water partition coefficient (Wildman–Crippen LogP) is 3.65. The van der Waals surface area contributed by atoms with Gasteiger partial charge in [0, 0.05) is 0 Å². The zero-order valence-corrected chi connectivity index (χ0v) is 12.8. The highest BCUT2D eigenvalue weighted by Crippen LogP contribution is 2.40. The van der Waals surface area contributed by atoms with E-state index in [9.17, 15) is 19.8 Å². The van der Waals surface area contributed by atoms with E-state index < -0.39 is 29.2 Å². The molecule has 112 valence electrons. The molecule has 2 N–H and O–H groups in total. The van der Waals surface area contributed by atoms with Crippen molar-refractivity contribution in [1.29, 1.82) is 0 Å². The van der Waals surface area contributed by atoms with Crippen molar-refractivity contribution in [3.05, 3.63) is 0 Å². The largest absolute Gasteiger partial charge is 0.481 e. The molecule has 4 nitrogen and oxygen atoms in total. The van der Waals surface area contributed by atoms with E-state index in [-0.39, 0.29) is 0 Å². The fourth-order valence-corrected chi connectivity index (χ4v) is 3.09. The molecule has 0 aromatic heterocycles. The number of carboxylic acids is 2. The third kappa shape index (κ3) is 5.62. The van der Waals surface area contributed by atoms with Crippen molar-refractivity contribution in [2.24, 2.45) is 23.2 Å². The Labute approximate surface area is 116 Å². The quantitative estimate of drug-likeness (QED) is 0.672. The number of carboxylic acid groups (broad SMARTS) is 2. The second-order valence-corrected chi connectivity index (χ2v) is 6.49. The minimum atomic E-state index is -0.992. The zero-order valence-electron chi connectivity index (χ0n) is 12.8.